The van der Waals surface area contributed by atoms with Crippen molar-refractivity contribution in [3.05, 3.63) is 60.0 Å². The van der Waals surface area contributed by atoms with Gasteiger partial charge >= 0.3 is 12.2 Å². The number of amides is 4. The summed E-state index contributed by atoms with van der Waals surface area (Å²) < 4.78 is 24.3. The van der Waals surface area contributed by atoms with Crippen molar-refractivity contribution in [2.45, 2.75) is 110 Å². The SMILES string of the molecule is CCCN(Cc1ncc(-c2ccc3c(c2)cc2n3C(CC)Oc3cc(C4=NC(C)(C5CCCN5C(=O)C(NC(=O)OC)C(C)C)NC4)ccc3-2)[nH]1)C(=O)C(NC(=O)OC)C1CCOCC1. The number of aliphatic imine (C=N–C) groups is 1. The molecule has 0 spiro atoms. The molecule has 4 aromatic rings. The fourth-order valence-corrected chi connectivity index (χ4v) is 9.99. The topological polar surface area (TPSA) is 194 Å². The second kappa shape index (κ2) is 19.3. The molecule has 2 saturated heterocycles. The van der Waals surface area contributed by atoms with E-state index in [2.05, 4.69) is 74.9 Å². The fourth-order valence-electron chi connectivity index (χ4n) is 9.99. The Kier molecular flexibility index (Phi) is 13.5. The Morgan fingerprint density at radius 2 is 1.74 bits per heavy atom. The molecular weight excluding hydrogens is 831 g/mol. The van der Waals surface area contributed by atoms with Crippen LogP contribution in [0.5, 0.6) is 5.75 Å². The summed E-state index contributed by atoms with van der Waals surface area (Å²) in [5.74, 6) is 0.977. The van der Waals surface area contributed by atoms with Crippen molar-refractivity contribution in [1.29, 1.82) is 0 Å². The average Bonchev–Trinajstić information content (AvgIpc) is 4.15. The lowest BCUT2D eigenvalue weighted by Gasteiger charge is -2.38. The maximum atomic E-state index is 14.0. The first-order valence-corrected chi connectivity index (χ1v) is 23.1. The lowest BCUT2D eigenvalue weighted by molar-refractivity contribution is -0.137. The molecule has 2 aromatic carbocycles. The molecule has 6 heterocycles. The quantitative estimate of drug-likeness (QED) is 0.111. The number of aromatic nitrogens is 3. The molecule has 0 radical (unpaired) electrons. The van der Waals surface area contributed by atoms with Gasteiger partial charge in [-0.05, 0) is 81.2 Å². The molecule has 4 aliphatic heterocycles. The minimum absolute atomic E-state index is 0.0550. The van der Waals surface area contributed by atoms with E-state index in [1.807, 2.05) is 32.6 Å². The van der Waals surface area contributed by atoms with Crippen molar-refractivity contribution < 1.29 is 38.1 Å². The molecular formula is C48H63N9O8. The Labute approximate surface area is 380 Å². The number of likely N-dealkylation sites (tertiary alicyclic amines) is 1. The molecule has 348 valence electrons. The number of benzene rings is 2. The normalized spacial score (nSPS) is 21.5. The number of nitrogens with one attached hydrogen (secondary N) is 4. The predicted molar refractivity (Wildman–Crippen MR) is 245 cm³/mol. The fraction of sp³-hybridized carbons (Fsp3) is 0.542. The van der Waals surface area contributed by atoms with Crippen LogP contribution in [0.15, 0.2) is 53.7 Å². The Morgan fingerprint density at radius 3 is 2.46 bits per heavy atom. The number of methoxy groups -OCH3 is 2. The predicted octanol–water partition coefficient (Wildman–Crippen LogP) is 6.37. The van der Waals surface area contributed by atoms with Crippen LogP contribution in [-0.4, -0.2) is 125 Å². The van der Waals surface area contributed by atoms with E-state index in [0.717, 1.165) is 76.1 Å². The van der Waals surface area contributed by atoms with E-state index in [-0.39, 0.29) is 42.5 Å². The summed E-state index contributed by atoms with van der Waals surface area (Å²) in [6, 6.07) is 13.2. The summed E-state index contributed by atoms with van der Waals surface area (Å²) in [5, 5.41) is 10.2. The summed E-state index contributed by atoms with van der Waals surface area (Å²) >= 11 is 0. The zero-order valence-corrected chi connectivity index (χ0v) is 38.6. The third-order valence-corrected chi connectivity index (χ3v) is 13.4. The molecule has 4 aliphatic rings. The second-order valence-corrected chi connectivity index (χ2v) is 18.0. The first-order valence-electron chi connectivity index (χ1n) is 23.1. The lowest BCUT2D eigenvalue weighted by Crippen LogP contribution is -2.59. The van der Waals surface area contributed by atoms with Gasteiger partial charge in [0.25, 0.3) is 0 Å². The zero-order chi connectivity index (χ0) is 46.0. The van der Waals surface area contributed by atoms with Crippen LogP contribution in [0.2, 0.25) is 0 Å². The van der Waals surface area contributed by atoms with Crippen molar-refractivity contribution >= 4 is 40.6 Å². The van der Waals surface area contributed by atoms with Gasteiger partial charge in [-0.3, -0.25) is 19.9 Å². The van der Waals surface area contributed by atoms with Crippen molar-refractivity contribution in [2.75, 3.05) is 47.1 Å². The number of imidazole rings is 1. The molecule has 0 saturated carbocycles. The largest absolute Gasteiger partial charge is 0.469 e. The van der Waals surface area contributed by atoms with Crippen LogP contribution in [0.1, 0.15) is 90.8 Å². The summed E-state index contributed by atoms with van der Waals surface area (Å²) in [7, 11) is 2.60. The van der Waals surface area contributed by atoms with Gasteiger partial charge in [0.2, 0.25) is 11.8 Å². The molecule has 5 atom stereocenters. The zero-order valence-electron chi connectivity index (χ0n) is 38.6. The molecule has 0 aliphatic carbocycles. The Balaban J connectivity index is 1.01. The van der Waals surface area contributed by atoms with Crippen LogP contribution >= 0.6 is 0 Å². The number of carbonyl (C=O) groups is 4. The van der Waals surface area contributed by atoms with Gasteiger partial charge in [0.1, 0.15) is 29.3 Å². The highest BCUT2D eigenvalue weighted by Crippen LogP contribution is 2.44. The van der Waals surface area contributed by atoms with Gasteiger partial charge in [-0.25, -0.2) is 14.6 Å². The number of hydrogen-bond acceptors (Lipinski definition) is 11. The first kappa shape index (κ1) is 45.6. The first-order chi connectivity index (χ1) is 31.4. The molecule has 5 unspecified atom stereocenters. The molecule has 4 N–H and O–H groups in total. The van der Waals surface area contributed by atoms with Gasteiger partial charge in [-0.2, -0.15) is 0 Å². The minimum atomic E-state index is -0.720. The molecule has 8 rings (SSSR count). The van der Waals surface area contributed by atoms with Crippen LogP contribution in [0.3, 0.4) is 0 Å². The maximum absolute atomic E-state index is 14.0. The van der Waals surface area contributed by atoms with Crippen molar-refractivity contribution in [3.63, 3.8) is 0 Å². The molecule has 2 aromatic heterocycles. The lowest BCUT2D eigenvalue weighted by atomic mass is 9.90. The van der Waals surface area contributed by atoms with Gasteiger partial charge in [0.15, 0.2) is 6.23 Å². The Bertz CT molecular complexity index is 2440. The number of carbonyl (C=O) groups excluding carboxylic acids is 4. The molecule has 2 fully saturated rings. The number of ether oxygens (including phenoxy) is 4. The minimum Gasteiger partial charge on any atom is -0.469 e. The van der Waals surface area contributed by atoms with Crippen LogP contribution in [-0.2, 0) is 30.3 Å². The van der Waals surface area contributed by atoms with E-state index >= 15 is 0 Å². The van der Waals surface area contributed by atoms with Gasteiger partial charge < -0.3 is 48.9 Å². The van der Waals surface area contributed by atoms with Crippen LogP contribution in [0, 0.1) is 11.8 Å². The molecule has 0 bridgehead atoms. The smallest absolute Gasteiger partial charge is 0.407 e. The van der Waals surface area contributed by atoms with Crippen LogP contribution in [0.4, 0.5) is 9.59 Å². The molecule has 65 heavy (non-hydrogen) atoms. The maximum Gasteiger partial charge on any atom is 0.407 e. The number of H-pyrrole nitrogens is 1. The van der Waals surface area contributed by atoms with E-state index in [0.29, 0.717) is 51.5 Å². The summed E-state index contributed by atoms with van der Waals surface area (Å²) in [5.41, 5.74) is 6.04. The summed E-state index contributed by atoms with van der Waals surface area (Å²) in [6.45, 7) is 13.0. The summed E-state index contributed by atoms with van der Waals surface area (Å²) in [4.78, 5) is 69.4. The van der Waals surface area contributed by atoms with Gasteiger partial charge in [0, 0.05) is 61.3 Å². The number of nitrogens with zero attached hydrogens (tertiary/aromatic N) is 5. The Hall–Kier alpha value is -5.94. The van der Waals surface area contributed by atoms with E-state index < -0.39 is 29.9 Å². The van der Waals surface area contributed by atoms with Crippen molar-refractivity contribution in [2.24, 2.45) is 16.8 Å². The molecule has 17 nitrogen and oxygen atoms in total. The number of hydrogen-bond donors (Lipinski definition) is 4. The third-order valence-electron chi connectivity index (χ3n) is 13.4. The van der Waals surface area contributed by atoms with Gasteiger partial charge in [0.05, 0.1) is 55.6 Å². The Morgan fingerprint density at radius 1 is 0.985 bits per heavy atom. The van der Waals surface area contributed by atoms with Crippen LogP contribution < -0.4 is 20.7 Å². The second-order valence-electron chi connectivity index (χ2n) is 18.0. The number of alkyl carbamates (subject to hydrolysis) is 2. The molecule has 4 amide bonds. The van der Waals surface area contributed by atoms with E-state index in [1.165, 1.54) is 14.2 Å². The highest BCUT2D eigenvalue weighted by Gasteiger charge is 2.47. The number of aromatic amines is 1. The number of rotatable bonds is 14. The monoisotopic (exact) mass is 893 g/mol. The average molecular weight is 894 g/mol. The standard InChI is InChI=1S/C48H63N9O8/c1-8-18-55(44(58)43(53-47(61)63-7)29-16-20-64-21-17-29)27-40-49-25-34(51-40)30-13-15-36-32(22-30)23-37-33-14-12-31(24-38(33)65-41(9-2)57(36)37)35-26-50-48(5,54-35)39-11-10-19-56(39)45(59)42(28(3)4)52-46(60)62-6/h12-15,22-25,28-29,39,41-43,50H,8-11,16-21,26-27H2,1-7H3,(H,49,51)(H,52,60)(H,53,61). The summed E-state index contributed by atoms with van der Waals surface area (Å²) in [6.07, 6.45) is 4.81. The molecule has 17 heteroatoms. The van der Waals surface area contributed by atoms with E-state index in [1.54, 1.807) is 11.1 Å². The van der Waals surface area contributed by atoms with Crippen LogP contribution in [0.25, 0.3) is 33.4 Å². The number of fused-ring (bicyclic) bond motifs is 5. The van der Waals surface area contributed by atoms with Crippen molar-refractivity contribution in [3.8, 4) is 28.3 Å². The highest BCUT2D eigenvalue weighted by atomic mass is 16.5. The third kappa shape index (κ3) is 9.17. The van der Waals surface area contributed by atoms with Gasteiger partial charge in [-0.15, -0.1) is 0 Å². The van der Waals surface area contributed by atoms with Crippen molar-refractivity contribution in [1.82, 2.24) is 40.3 Å². The van der Waals surface area contributed by atoms with E-state index in [4.69, 9.17) is 28.9 Å². The van der Waals surface area contributed by atoms with E-state index in [9.17, 15) is 19.2 Å². The highest BCUT2D eigenvalue weighted by molar-refractivity contribution is 6.05. The van der Waals surface area contributed by atoms with Gasteiger partial charge in [-0.1, -0.05) is 39.8 Å².